The van der Waals surface area contributed by atoms with Gasteiger partial charge in [-0.1, -0.05) is 18.2 Å². The molecule has 0 aliphatic carbocycles. The van der Waals surface area contributed by atoms with Gasteiger partial charge in [-0.3, -0.25) is 14.5 Å². The zero-order valence-corrected chi connectivity index (χ0v) is 19.4. The molecule has 162 valence electrons. The number of nitrogens with zero attached hydrogens (tertiary/aromatic N) is 2. The molecule has 2 aromatic heterocycles. The number of aromatic amines is 1. The molecule has 0 saturated carbocycles. The van der Waals surface area contributed by atoms with Crippen LogP contribution in [-0.4, -0.2) is 40.2 Å². The fourth-order valence-corrected chi connectivity index (χ4v) is 5.67. The van der Waals surface area contributed by atoms with E-state index in [2.05, 4.69) is 9.97 Å². The van der Waals surface area contributed by atoms with Crippen LogP contribution in [-0.2, 0) is 26.5 Å². The van der Waals surface area contributed by atoms with Gasteiger partial charge >= 0.3 is 5.97 Å². The van der Waals surface area contributed by atoms with Gasteiger partial charge in [0.05, 0.1) is 23.5 Å². The molecule has 3 heterocycles. The monoisotopic (exact) mass is 457 g/mol. The maximum Gasteiger partial charge on any atom is 0.329 e. The molecule has 2 unspecified atom stereocenters. The second kappa shape index (κ2) is 8.47. The average Bonchev–Trinajstić information content (AvgIpc) is 3.28. The molecule has 0 spiro atoms. The van der Waals surface area contributed by atoms with Crippen molar-refractivity contribution >= 4 is 50.9 Å². The van der Waals surface area contributed by atoms with Gasteiger partial charge in [-0.25, -0.2) is 9.78 Å². The molecule has 0 bridgehead atoms. The highest BCUT2D eigenvalue weighted by atomic mass is 32.2. The van der Waals surface area contributed by atoms with Crippen LogP contribution in [0.5, 0.6) is 0 Å². The highest BCUT2D eigenvalue weighted by Crippen LogP contribution is 2.35. The topological polar surface area (TPSA) is 92.4 Å². The zero-order valence-electron chi connectivity index (χ0n) is 17.7. The number of para-hydroxylation sites is 1. The van der Waals surface area contributed by atoms with Gasteiger partial charge in [0.25, 0.3) is 5.56 Å². The fourth-order valence-electron chi connectivity index (χ4n) is 3.82. The Morgan fingerprint density at radius 1 is 1.35 bits per heavy atom. The van der Waals surface area contributed by atoms with Crippen molar-refractivity contribution in [2.24, 2.45) is 0 Å². The summed E-state index contributed by atoms with van der Waals surface area (Å²) in [6.45, 7) is 5.70. The molecule has 1 aliphatic heterocycles. The number of benzene rings is 1. The van der Waals surface area contributed by atoms with E-state index in [0.29, 0.717) is 28.2 Å². The number of carbonyl (C=O) groups is 2. The van der Waals surface area contributed by atoms with Crippen LogP contribution in [0.4, 0.5) is 5.69 Å². The van der Waals surface area contributed by atoms with Crippen LogP contribution in [0.2, 0.25) is 0 Å². The fraction of sp³-hybridized carbons (Fsp3) is 0.364. The van der Waals surface area contributed by atoms with Crippen LogP contribution in [0.1, 0.15) is 28.8 Å². The Morgan fingerprint density at radius 3 is 2.84 bits per heavy atom. The van der Waals surface area contributed by atoms with Crippen molar-refractivity contribution in [2.75, 3.05) is 12.0 Å². The van der Waals surface area contributed by atoms with E-state index in [0.717, 1.165) is 21.7 Å². The number of carbonyl (C=O) groups excluding carboxylic acids is 2. The molecule has 9 heteroatoms. The number of rotatable bonds is 5. The summed E-state index contributed by atoms with van der Waals surface area (Å²) in [6, 6.07) is 6.86. The first-order valence-corrected chi connectivity index (χ1v) is 11.8. The maximum atomic E-state index is 13.3. The third-order valence-electron chi connectivity index (χ3n) is 5.59. The molecule has 0 radical (unpaired) electrons. The molecular weight excluding hydrogens is 434 g/mol. The molecule has 1 N–H and O–H groups in total. The van der Waals surface area contributed by atoms with E-state index in [1.165, 1.54) is 30.2 Å². The number of hydrogen-bond acceptors (Lipinski definition) is 7. The van der Waals surface area contributed by atoms with E-state index in [9.17, 15) is 14.4 Å². The number of methoxy groups -OCH3 is 1. The second-order valence-corrected chi connectivity index (χ2v) is 10.0. The summed E-state index contributed by atoms with van der Waals surface area (Å²) in [7, 11) is 1.33. The van der Waals surface area contributed by atoms with Crippen LogP contribution in [0, 0.1) is 13.8 Å². The second-order valence-electron chi connectivity index (χ2n) is 7.51. The Balaban J connectivity index is 1.54. The average molecular weight is 458 g/mol. The minimum absolute atomic E-state index is 0.152. The highest BCUT2D eigenvalue weighted by Gasteiger charge is 2.40. The summed E-state index contributed by atoms with van der Waals surface area (Å²) in [5.74, 6) is 0.319. The van der Waals surface area contributed by atoms with Crippen LogP contribution < -0.4 is 10.5 Å². The molecule has 2 atom stereocenters. The van der Waals surface area contributed by atoms with E-state index < -0.39 is 17.3 Å². The number of ether oxygens (including phenoxy) is 1. The number of aryl methyl sites for hydroxylation is 2. The van der Waals surface area contributed by atoms with Gasteiger partial charge in [0.2, 0.25) is 5.91 Å². The van der Waals surface area contributed by atoms with Crippen molar-refractivity contribution in [1.29, 1.82) is 0 Å². The number of nitrogens with one attached hydrogen (secondary N) is 1. The zero-order chi connectivity index (χ0) is 22.3. The number of esters is 1. The Bertz CT molecular complexity index is 1230. The van der Waals surface area contributed by atoms with E-state index in [1.54, 1.807) is 11.8 Å². The Hall–Kier alpha value is -2.65. The predicted molar refractivity (Wildman–Crippen MR) is 124 cm³/mol. The lowest BCUT2D eigenvalue weighted by molar-refractivity contribution is -0.143. The lowest BCUT2D eigenvalue weighted by Crippen LogP contribution is -2.46. The van der Waals surface area contributed by atoms with E-state index in [1.807, 2.05) is 38.1 Å². The minimum atomic E-state index is -0.663. The molecule has 4 rings (SSSR count). The van der Waals surface area contributed by atoms with Crippen molar-refractivity contribution in [3.8, 4) is 0 Å². The van der Waals surface area contributed by atoms with Gasteiger partial charge in [-0.2, -0.15) is 0 Å². The SMILES string of the molecule is COC(=O)C1Cc2ccccc2N1C(=O)C(C)SCc1nc2sc(C)c(C)c2c(=O)[nH]1. The number of anilines is 1. The van der Waals surface area contributed by atoms with E-state index >= 15 is 0 Å². The first-order chi connectivity index (χ1) is 14.8. The van der Waals surface area contributed by atoms with Gasteiger partial charge in [0.1, 0.15) is 16.7 Å². The molecule has 1 aliphatic rings. The first-order valence-electron chi connectivity index (χ1n) is 9.91. The summed E-state index contributed by atoms with van der Waals surface area (Å²) < 4.78 is 4.93. The largest absolute Gasteiger partial charge is 0.467 e. The van der Waals surface area contributed by atoms with Crippen LogP contribution in [0.3, 0.4) is 0 Å². The number of fused-ring (bicyclic) bond motifs is 2. The van der Waals surface area contributed by atoms with E-state index in [-0.39, 0.29) is 11.5 Å². The van der Waals surface area contributed by atoms with E-state index in [4.69, 9.17) is 4.74 Å². The summed E-state index contributed by atoms with van der Waals surface area (Å²) >= 11 is 2.88. The Morgan fingerprint density at radius 2 is 2.10 bits per heavy atom. The third-order valence-corrected chi connectivity index (χ3v) is 7.84. The number of thioether (sulfide) groups is 1. The summed E-state index contributed by atoms with van der Waals surface area (Å²) in [5.41, 5.74) is 2.50. The molecular formula is C22H23N3O4S2. The normalized spacial score (nSPS) is 16.4. The van der Waals surface area contributed by atoms with Gasteiger partial charge in [0.15, 0.2) is 0 Å². The van der Waals surface area contributed by atoms with Crippen molar-refractivity contribution in [1.82, 2.24) is 9.97 Å². The van der Waals surface area contributed by atoms with Crippen LogP contribution >= 0.6 is 23.1 Å². The van der Waals surface area contributed by atoms with Gasteiger partial charge in [-0.05, 0) is 38.0 Å². The van der Waals surface area contributed by atoms with Crippen LogP contribution in [0.15, 0.2) is 29.1 Å². The number of H-pyrrole nitrogens is 1. The molecule has 3 aromatic rings. The first kappa shape index (κ1) is 21.6. The van der Waals surface area contributed by atoms with Gasteiger partial charge < -0.3 is 9.72 Å². The standard InChI is InChI=1S/C22H23N3O4S2/c1-11-12(2)31-20-18(11)19(26)23-17(24-20)10-30-13(3)21(27)25-15-8-6-5-7-14(15)9-16(25)22(28)29-4/h5-8,13,16H,9-10H2,1-4H3,(H,23,24,26). The molecule has 1 amide bonds. The third kappa shape index (κ3) is 3.87. The van der Waals surface area contributed by atoms with Crippen molar-refractivity contribution in [3.63, 3.8) is 0 Å². The van der Waals surface area contributed by atoms with Crippen molar-refractivity contribution < 1.29 is 14.3 Å². The quantitative estimate of drug-likeness (QED) is 0.591. The lowest BCUT2D eigenvalue weighted by Gasteiger charge is -2.26. The molecule has 7 nitrogen and oxygen atoms in total. The van der Waals surface area contributed by atoms with Crippen molar-refractivity contribution in [3.05, 3.63) is 56.4 Å². The molecule has 31 heavy (non-hydrogen) atoms. The summed E-state index contributed by atoms with van der Waals surface area (Å²) in [5, 5.41) is 0.195. The molecule has 0 fully saturated rings. The van der Waals surface area contributed by atoms with Gasteiger partial charge in [-0.15, -0.1) is 23.1 Å². The van der Waals surface area contributed by atoms with Crippen molar-refractivity contribution in [2.45, 2.75) is 44.2 Å². The van der Waals surface area contributed by atoms with Gasteiger partial charge in [0, 0.05) is 17.0 Å². The predicted octanol–water partition coefficient (Wildman–Crippen LogP) is 3.35. The number of amides is 1. The maximum absolute atomic E-state index is 13.3. The number of aromatic nitrogens is 2. The smallest absolute Gasteiger partial charge is 0.329 e. The van der Waals surface area contributed by atoms with Crippen LogP contribution in [0.25, 0.3) is 10.2 Å². The Labute approximate surface area is 187 Å². The highest BCUT2D eigenvalue weighted by molar-refractivity contribution is 7.99. The summed E-state index contributed by atoms with van der Waals surface area (Å²) in [4.78, 5) is 48.9. The number of thiophene rings is 1. The lowest BCUT2D eigenvalue weighted by atomic mass is 10.1. The summed E-state index contributed by atoms with van der Waals surface area (Å²) in [6.07, 6.45) is 0.439. The molecule has 1 aromatic carbocycles. The molecule has 0 saturated heterocycles. The minimum Gasteiger partial charge on any atom is -0.467 e. The Kier molecular flexibility index (Phi) is 5.90. The number of hydrogen-bond donors (Lipinski definition) is 1.